The average molecular weight is 287 g/mol. The van der Waals surface area contributed by atoms with Crippen LogP contribution in [0.25, 0.3) is 0 Å². The van der Waals surface area contributed by atoms with Crippen LogP contribution in [-0.2, 0) is 15.3 Å². The molecule has 1 aliphatic heterocycles. The molecule has 1 saturated heterocycles. The molecule has 0 N–H and O–H groups in total. The van der Waals surface area contributed by atoms with Crippen LogP contribution in [0.1, 0.15) is 32.3 Å². The molecule has 0 unspecified atom stereocenters. The maximum Gasteiger partial charge on any atom is 0.194 e. The van der Waals surface area contributed by atoms with Crippen molar-refractivity contribution in [1.29, 1.82) is 0 Å². The Balaban J connectivity index is 2.23. The van der Waals surface area contributed by atoms with Gasteiger partial charge in [-0.1, -0.05) is 26.0 Å². The highest BCUT2D eigenvalue weighted by atomic mass is 35.5. The highest BCUT2D eigenvalue weighted by Crippen LogP contribution is 2.39. The highest BCUT2D eigenvalue weighted by Gasteiger charge is 2.41. The summed E-state index contributed by atoms with van der Waals surface area (Å²) in [4.78, 5) is 0. The second-order valence-corrected chi connectivity index (χ2v) is 6.17. The minimum Gasteiger partial charge on any atom is -0.345 e. The minimum absolute atomic E-state index is 0.00446. The normalized spacial score (nSPS) is 21.3. The van der Waals surface area contributed by atoms with Gasteiger partial charge in [-0.05, 0) is 18.6 Å². The summed E-state index contributed by atoms with van der Waals surface area (Å²) < 4.78 is 25.1. The lowest BCUT2D eigenvalue weighted by atomic mass is 9.92. The van der Waals surface area contributed by atoms with E-state index < -0.39 is 5.79 Å². The predicted octanol–water partition coefficient (Wildman–Crippen LogP) is 4.07. The number of hydrogen-bond acceptors (Lipinski definition) is 2. The first-order valence-electron chi connectivity index (χ1n) is 6.57. The minimum atomic E-state index is -0.780. The smallest absolute Gasteiger partial charge is 0.194 e. The Hall–Kier alpha value is -0.640. The summed E-state index contributed by atoms with van der Waals surface area (Å²) in [5.41, 5.74) is 0.860. The van der Waals surface area contributed by atoms with Crippen LogP contribution < -0.4 is 0 Å². The first-order valence-corrected chi connectivity index (χ1v) is 7.11. The van der Waals surface area contributed by atoms with Gasteiger partial charge in [0.15, 0.2) is 5.79 Å². The third-order valence-electron chi connectivity index (χ3n) is 3.32. The summed E-state index contributed by atoms with van der Waals surface area (Å²) in [6.07, 6.45) is 1.47. The predicted molar refractivity (Wildman–Crippen MR) is 73.7 cm³/mol. The van der Waals surface area contributed by atoms with E-state index in [0.29, 0.717) is 25.5 Å². The van der Waals surface area contributed by atoms with Gasteiger partial charge in [0.2, 0.25) is 0 Å². The van der Waals surface area contributed by atoms with E-state index in [9.17, 15) is 4.39 Å². The van der Waals surface area contributed by atoms with Gasteiger partial charge in [0.1, 0.15) is 5.82 Å². The molecule has 2 nitrogen and oxygen atoms in total. The molecular formula is C15H20ClFO2. The van der Waals surface area contributed by atoms with Crippen LogP contribution in [0.3, 0.4) is 0 Å². The first-order chi connectivity index (χ1) is 8.97. The summed E-state index contributed by atoms with van der Waals surface area (Å²) >= 11 is 5.78. The molecule has 1 heterocycles. The molecular weight excluding hydrogens is 267 g/mol. The Morgan fingerprint density at radius 3 is 2.26 bits per heavy atom. The average Bonchev–Trinajstić information content (AvgIpc) is 2.39. The molecule has 106 valence electrons. The molecule has 0 aromatic heterocycles. The lowest BCUT2D eigenvalue weighted by Gasteiger charge is -2.43. The van der Waals surface area contributed by atoms with Crippen LogP contribution in [0.15, 0.2) is 24.3 Å². The standard InChI is InChI=1S/C15H20ClFO2/c1-14(2)10-18-15(19-11-14,8-3-9-16)12-4-6-13(17)7-5-12/h4-7H,3,8-11H2,1-2H3. The summed E-state index contributed by atoms with van der Waals surface area (Å²) in [6.45, 7) is 5.44. The summed E-state index contributed by atoms with van der Waals surface area (Å²) in [7, 11) is 0. The van der Waals surface area contributed by atoms with Crippen molar-refractivity contribution >= 4 is 11.6 Å². The second-order valence-electron chi connectivity index (χ2n) is 5.79. The van der Waals surface area contributed by atoms with Gasteiger partial charge in [-0.25, -0.2) is 4.39 Å². The van der Waals surface area contributed by atoms with Gasteiger partial charge in [0, 0.05) is 23.3 Å². The lowest BCUT2D eigenvalue weighted by Crippen LogP contribution is -2.45. The molecule has 4 heteroatoms. The van der Waals surface area contributed by atoms with Gasteiger partial charge in [-0.2, -0.15) is 0 Å². The largest absolute Gasteiger partial charge is 0.345 e. The molecule has 0 radical (unpaired) electrons. The SMILES string of the molecule is CC1(C)COC(CCCCl)(c2ccc(F)cc2)OC1. The third-order valence-corrected chi connectivity index (χ3v) is 3.58. The van der Waals surface area contributed by atoms with Crippen molar-refractivity contribution in [2.75, 3.05) is 19.1 Å². The fraction of sp³-hybridized carbons (Fsp3) is 0.600. The Bertz CT molecular complexity index is 407. The molecule has 19 heavy (non-hydrogen) atoms. The van der Waals surface area contributed by atoms with Gasteiger partial charge < -0.3 is 9.47 Å². The van der Waals surface area contributed by atoms with E-state index in [-0.39, 0.29) is 11.2 Å². The third kappa shape index (κ3) is 3.47. The number of halogens is 2. The van der Waals surface area contributed by atoms with Gasteiger partial charge in [-0.15, -0.1) is 11.6 Å². The molecule has 0 spiro atoms. The van der Waals surface area contributed by atoms with Crippen molar-refractivity contribution in [2.24, 2.45) is 5.41 Å². The van der Waals surface area contributed by atoms with Crippen molar-refractivity contribution in [3.05, 3.63) is 35.6 Å². The fourth-order valence-electron chi connectivity index (χ4n) is 2.17. The first kappa shape index (κ1) is 14.8. The zero-order valence-electron chi connectivity index (χ0n) is 11.4. The monoisotopic (exact) mass is 286 g/mol. The molecule has 0 amide bonds. The number of alkyl halides is 1. The molecule has 2 rings (SSSR count). The van der Waals surface area contributed by atoms with Gasteiger partial charge in [0.05, 0.1) is 13.2 Å². The number of rotatable bonds is 4. The Morgan fingerprint density at radius 1 is 1.16 bits per heavy atom. The van der Waals surface area contributed by atoms with Gasteiger partial charge >= 0.3 is 0 Å². The zero-order chi connectivity index (χ0) is 13.9. The van der Waals surface area contributed by atoms with Crippen LogP contribution in [-0.4, -0.2) is 19.1 Å². The van der Waals surface area contributed by atoms with Crippen molar-refractivity contribution in [3.63, 3.8) is 0 Å². The highest BCUT2D eigenvalue weighted by molar-refractivity contribution is 6.17. The zero-order valence-corrected chi connectivity index (χ0v) is 12.2. The van der Waals surface area contributed by atoms with E-state index >= 15 is 0 Å². The topological polar surface area (TPSA) is 18.5 Å². The molecule has 0 bridgehead atoms. The number of benzene rings is 1. The molecule has 0 saturated carbocycles. The van der Waals surface area contributed by atoms with E-state index in [0.717, 1.165) is 12.0 Å². The number of ether oxygens (including phenoxy) is 2. The molecule has 0 atom stereocenters. The number of hydrogen-bond donors (Lipinski definition) is 0. The summed E-state index contributed by atoms with van der Waals surface area (Å²) in [6, 6.07) is 6.32. The van der Waals surface area contributed by atoms with Gasteiger partial charge in [-0.3, -0.25) is 0 Å². The second kappa shape index (κ2) is 5.78. The van der Waals surface area contributed by atoms with Crippen molar-refractivity contribution in [1.82, 2.24) is 0 Å². The van der Waals surface area contributed by atoms with Crippen molar-refractivity contribution in [3.8, 4) is 0 Å². The van der Waals surface area contributed by atoms with Crippen molar-refractivity contribution in [2.45, 2.75) is 32.5 Å². The maximum absolute atomic E-state index is 13.1. The molecule has 1 aliphatic rings. The Labute approximate surface area is 118 Å². The summed E-state index contributed by atoms with van der Waals surface area (Å²) in [5, 5.41) is 0. The van der Waals surface area contributed by atoms with E-state index in [1.165, 1.54) is 12.1 Å². The summed E-state index contributed by atoms with van der Waals surface area (Å²) in [5.74, 6) is -0.482. The van der Waals surface area contributed by atoms with Gasteiger partial charge in [0.25, 0.3) is 0 Å². The molecule has 1 aromatic rings. The Kier molecular flexibility index (Phi) is 4.49. The van der Waals surface area contributed by atoms with Crippen LogP contribution in [0, 0.1) is 11.2 Å². The lowest BCUT2D eigenvalue weighted by molar-refractivity contribution is -0.311. The van der Waals surface area contributed by atoms with Crippen LogP contribution in [0.5, 0.6) is 0 Å². The Morgan fingerprint density at radius 2 is 1.74 bits per heavy atom. The van der Waals surface area contributed by atoms with Crippen LogP contribution in [0.4, 0.5) is 4.39 Å². The van der Waals surface area contributed by atoms with E-state index in [4.69, 9.17) is 21.1 Å². The molecule has 0 aliphatic carbocycles. The maximum atomic E-state index is 13.1. The van der Waals surface area contributed by atoms with Crippen LogP contribution >= 0.6 is 11.6 Å². The van der Waals surface area contributed by atoms with E-state index in [1.54, 1.807) is 12.1 Å². The van der Waals surface area contributed by atoms with Crippen LogP contribution in [0.2, 0.25) is 0 Å². The molecule has 1 fully saturated rings. The molecule has 1 aromatic carbocycles. The fourth-order valence-corrected chi connectivity index (χ4v) is 2.30. The van der Waals surface area contributed by atoms with E-state index in [2.05, 4.69) is 13.8 Å². The van der Waals surface area contributed by atoms with E-state index in [1.807, 2.05) is 0 Å². The quantitative estimate of drug-likeness (QED) is 0.777. The van der Waals surface area contributed by atoms with Crippen molar-refractivity contribution < 1.29 is 13.9 Å².